The minimum atomic E-state index is -0.551. The molecule has 1 aliphatic rings. The van der Waals surface area contributed by atoms with Crippen molar-refractivity contribution in [2.45, 2.75) is 26.7 Å². The zero-order chi connectivity index (χ0) is 18.7. The highest BCUT2D eigenvalue weighted by Gasteiger charge is 2.34. The molecule has 0 saturated carbocycles. The van der Waals surface area contributed by atoms with E-state index in [1.165, 1.54) is 11.3 Å². The van der Waals surface area contributed by atoms with Crippen LogP contribution in [0.15, 0.2) is 0 Å². The van der Waals surface area contributed by atoms with Crippen LogP contribution in [0.2, 0.25) is 0 Å². The van der Waals surface area contributed by atoms with Gasteiger partial charge in [0, 0.05) is 24.4 Å². The number of likely N-dealkylation sites (tertiary alicyclic amines) is 1. The van der Waals surface area contributed by atoms with Gasteiger partial charge in [-0.05, 0) is 46.5 Å². The summed E-state index contributed by atoms with van der Waals surface area (Å²) in [5.74, 6) is -1.17. The van der Waals surface area contributed by atoms with Gasteiger partial charge < -0.3 is 20.9 Å². The van der Waals surface area contributed by atoms with Crippen LogP contribution in [0.4, 0.5) is 5.00 Å². The molecule has 25 heavy (non-hydrogen) atoms. The molecule has 0 aliphatic carbocycles. The molecule has 0 spiro atoms. The average molecular weight is 366 g/mol. The number of rotatable bonds is 7. The van der Waals surface area contributed by atoms with Gasteiger partial charge in [-0.2, -0.15) is 0 Å². The number of nitrogens with one attached hydrogen (secondary N) is 1. The van der Waals surface area contributed by atoms with E-state index in [9.17, 15) is 14.4 Å². The topological polar surface area (TPSA) is 95.7 Å². The molecule has 3 N–H and O–H groups in total. The van der Waals surface area contributed by atoms with E-state index in [0.717, 1.165) is 23.4 Å². The Kier molecular flexibility index (Phi) is 6.18. The molecule has 0 radical (unpaired) electrons. The number of aryl methyl sites for hydroxylation is 1. The van der Waals surface area contributed by atoms with Crippen LogP contribution in [-0.2, 0) is 9.59 Å². The highest BCUT2D eigenvalue weighted by Crippen LogP contribution is 2.33. The summed E-state index contributed by atoms with van der Waals surface area (Å²) in [5.41, 5.74) is 6.59. The third-order valence-electron chi connectivity index (χ3n) is 4.49. The molecule has 1 unspecified atom stereocenters. The van der Waals surface area contributed by atoms with Gasteiger partial charge >= 0.3 is 0 Å². The molecule has 0 bridgehead atoms. The number of hydrogen-bond donors (Lipinski definition) is 2. The van der Waals surface area contributed by atoms with Gasteiger partial charge in [-0.3, -0.25) is 14.4 Å². The van der Waals surface area contributed by atoms with Crippen LogP contribution in [0.5, 0.6) is 0 Å². The number of primary amides is 1. The van der Waals surface area contributed by atoms with E-state index in [-0.39, 0.29) is 18.2 Å². The first-order valence-electron chi connectivity index (χ1n) is 8.33. The second kappa shape index (κ2) is 7.97. The standard InChI is InChI=1S/C17H26N4O3S/c1-10-11(2)25-17(14(10)15(18)23)19-16(24)12-8-13(22)21(9-12)7-5-6-20(3)4/h12H,5-9H2,1-4H3,(H2,18,23)(H,19,24). The summed E-state index contributed by atoms with van der Waals surface area (Å²) in [7, 11) is 3.98. The highest BCUT2D eigenvalue weighted by molar-refractivity contribution is 7.16. The van der Waals surface area contributed by atoms with Crippen molar-refractivity contribution in [3.63, 3.8) is 0 Å². The molecule has 1 aliphatic heterocycles. The largest absolute Gasteiger partial charge is 0.365 e. The SMILES string of the molecule is Cc1sc(NC(=O)C2CC(=O)N(CCCN(C)C)C2)c(C(N)=O)c1C. The Hall–Kier alpha value is -1.93. The first kappa shape index (κ1) is 19.4. The van der Waals surface area contributed by atoms with E-state index in [1.54, 1.807) is 4.90 Å². The van der Waals surface area contributed by atoms with Gasteiger partial charge in [-0.15, -0.1) is 11.3 Å². The maximum atomic E-state index is 12.5. The van der Waals surface area contributed by atoms with Crippen LogP contribution in [0.3, 0.4) is 0 Å². The Morgan fingerprint density at radius 3 is 2.64 bits per heavy atom. The lowest BCUT2D eigenvalue weighted by molar-refractivity contribution is -0.128. The summed E-state index contributed by atoms with van der Waals surface area (Å²) in [4.78, 5) is 41.1. The smallest absolute Gasteiger partial charge is 0.251 e. The number of anilines is 1. The third-order valence-corrected chi connectivity index (χ3v) is 5.61. The van der Waals surface area contributed by atoms with Crippen molar-refractivity contribution in [2.75, 3.05) is 39.0 Å². The van der Waals surface area contributed by atoms with Crippen molar-refractivity contribution < 1.29 is 14.4 Å². The molecule has 2 heterocycles. The molecule has 0 aromatic carbocycles. The molecule has 2 rings (SSSR count). The van der Waals surface area contributed by atoms with Crippen LogP contribution < -0.4 is 11.1 Å². The summed E-state index contributed by atoms with van der Waals surface area (Å²) < 4.78 is 0. The fourth-order valence-corrected chi connectivity index (χ4v) is 4.04. The fourth-order valence-electron chi connectivity index (χ4n) is 2.97. The van der Waals surface area contributed by atoms with Crippen molar-refractivity contribution in [3.05, 3.63) is 16.0 Å². The number of nitrogens with zero attached hydrogens (tertiary/aromatic N) is 2. The number of thiophene rings is 1. The maximum absolute atomic E-state index is 12.5. The van der Waals surface area contributed by atoms with Gasteiger partial charge in [-0.1, -0.05) is 0 Å². The number of amides is 3. The molecule has 1 aromatic rings. The Morgan fingerprint density at radius 2 is 2.04 bits per heavy atom. The second-order valence-corrected chi connectivity index (χ2v) is 7.96. The van der Waals surface area contributed by atoms with Crippen molar-refractivity contribution in [3.8, 4) is 0 Å². The summed E-state index contributed by atoms with van der Waals surface area (Å²) in [5, 5.41) is 3.28. The number of carbonyl (C=O) groups excluding carboxylic acids is 3. The van der Waals surface area contributed by atoms with E-state index in [4.69, 9.17) is 5.73 Å². The Bertz CT molecular complexity index is 684. The van der Waals surface area contributed by atoms with Crippen LogP contribution >= 0.6 is 11.3 Å². The van der Waals surface area contributed by atoms with E-state index in [1.807, 2.05) is 27.9 Å². The van der Waals surface area contributed by atoms with Gasteiger partial charge in [0.15, 0.2) is 0 Å². The number of nitrogens with two attached hydrogens (primary N) is 1. The van der Waals surface area contributed by atoms with Crippen molar-refractivity contribution in [2.24, 2.45) is 11.7 Å². The van der Waals surface area contributed by atoms with Crippen molar-refractivity contribution >= 4 is 34.1 Å². The molecule has 138 valence electrons. The Labute approximate surface area is 152 Å². The monoisotopic (exact) mass is 366 g/mol. The van der Waals surface area contributed by atoms with Crippen LogP contribution in [-0.4, -0.2) is 61.3 Å². The molecular formula is C17H26N4O3S. The lowest BCUT2D eigenvalue weighted by Gasteiger charge is -2.18. The molecule has 1 fully saturated rings. The summed E-state index contributed by atoms with van der Waals surface area (Å²) >= 11 is 1.34. The zero-order valence-electron chi connectivity index (χ0n) is 15.2. The second-order valence-electron chi connectivity index (χ2n) is 6.74. The van der Waals surface area contributed by atoms with Crippen LogP contribution in [0, 0.1) is 19.8 Å². The highest BCUT2D eigenvalue weighted by atomic mass is 32.1. The number of hydrogen-bond acceptors (Lipinski definition) is 5. The first-order valence-corrected chi connectivity index (χ1v) is 9.15. The first-order chi connectivity index (χ1) is 11.7. The molecule has 3 amide bonds. The maximum Gasteiger partial charge on any atom is 0.251 e. The zero-order valence-corrected chi connectivity index (χ0v) is 16.0. The fraction of sp³-hybridized carbons (Fsp3) is 0.588. The summed E-state index contributed by atoms with van der Waals surface area (Å²) in [6.07, 6.45) is 1.09. The molecule has 7 nitrogen and oxygen atoms in total. The summed E-state index contributed by atoms with van der Waals surface area (Å²) in [6, 6.07) is 0. The van der Waals surface area contributed by atoms with E-state index in [2.05, 4.69) is 10.2 Å². The van der Waals surface area contributed by atoms with Gasteiger partial charge in [0.25, 0.3) is 5.91 Å². The lowest BCUT2D eigenvalue weighted by atomic mass is 10.1. The molecule has 1 saturated heterocycles. The van der Waals surface area contributed by atoms with E-state index < -0.39 is 11.8 Å². The van der Waals surface area contributed by atoms with Crippen molar-refractivity contribution in [1.82, 2.24) is 9.80 Å². The lowest BCUT2D eigenvalue weighted by Crippen LogP contribution is -2.30. The molecular weight excluding hydrogens is 340 g/mol. The predicted octanol–water partition coefficient (Wildman–Crippen LogP) is 1.20. The third kappa shape index (κ3) is 4.58. The average Bonchev–Trinajstić information content (AvgIpc) is 3.00. The van der Waals surface area contributed by atoms with E-state index >= 15 is 0 Å². The van der Waals surface area contributed by atoms with E-state index in [0.29, 0.717) is 23.7 Å². The van der Waals surface area contributed by atoms with Crippen LogP contribution in [0.1, 0.15) is 33.6 Å². The van der Waals surface area contributed by atoms with Crippen molar-refractivity contribution in [1.29, 1.82) is 0 Å². The minimum Gasteiger partial charge on any atom is -0.365 e. The molecule has 1 atom stereocenters. The molecule has 8 heteroatoms. The summed E-state index contributed by atoms with van der Waals surface area (Å²) in [6.45, 7) is 5.68. The normalized spacial score (nSPS) is 17.4. The van der Waals surface area contributed by atoms with Crippen LogP contribution in [0.25, 0.3) is 0 Å². The van der Waals surface area contributed by atoms with Gasteiger partial charge in [0.05, 0.1) is 11.5 Å². The Morgan fingerprint density at radius 1 is 1.36 bits per heavy atom. The van der Waals surface area contributed by atoms with Gasteiger partial charge in [-0.25, -0.2) is 0 Å². The van der Waals surface area contributed by atoms with Gasteiger partial charge in [0.1, 0.15) is 5.00 Å². The quantitative estimate of drug-likeness (QED) is 0.758. The number of carbonyl (C=O) groups is 3. The predicted molar refractivity (Wildman–Crippen MR) is 98.8 cm³/mol. The Balaban J connectivity index is 1.99. The van der Waals surface area contributed by atoms with Gasteiger partial charge in [0.2, 0.25) is 11.8 Å². The molecule has 1 aromatic heterocycles. The minimum absolute atomic E-state index is 0.00701.